The minimum Gasteiger partial charge on any atom is -0.270 e. The van der Waals surface area contributed by atoms with Crippen molar-refractivity contribution in [1.29, 1.82) is 0 Å². The maximum atomic E-state index is 10.7. The number of hydrogen-bond acceptors (Lipinski definition) is 3. The van der Waals surface area contributed by atoms with Crippen molar-refractivity contribution in [3.63, 3.8) is 0 Å². The Kier molecular flexibility index (Phi) is 1.92. The van der Waals surface area contributed by atoms with Gasteiger partial charge in [0.1, 0.15) is 0 Å². The first-order valence-electron chi connectivity index (χ1n) is 4.42. The van der Waals surface area contributed by atoms with Crippen molar-refractivity contribution in [2.45, 2.75) is 19.3 Å². The maximum Gasteiger partial charge on any atom is 0.264 e. The van der Waals surface area contributed by atoms with Crippen LogP contribution in [0.3, 0.4) is 0 Å². The monoisotopic (exact) mass is 190 g/mol. The summed E-state index contributed by atoms with van der Waals surface area (Å²) >= 11 is 0. The van der Waals surface area contributed by atoms with Crippen molar-refractivity contribution in [2.75, 3.05) is 12.9 Å². The van der Waals surface area contributed by atoms with Gasteiger partial charge in [-0.3, -0.25) is 4.18 Å². The van der Waals surface area contributed by atoms with E-state index in [1.807, 2.05) is 0 Å². The minimum atomic E-state index is -3.21. The van der Waals surface area contributed by atoms with E-state index in [-0.39, 0.29) is 0 Å². The lowest BCUT2D eigenvalue weighted by atomic mass is 10.2. The Balaban J connectivity index is 1.77. The predicted molar refractivity (Wildman–Crippen MR) is 45.1 cm³/mol. The third-order valence-corrected chi connectivity index (χ3v) is 3.62. The molecular weight excluding hydrogens is 176 g/mol. The average molecular weight is 190 g/mol. The molecule has 2 aliphatic carbocycles. The molecule has 4 heteroatoms. The van der Waals surface area contributed by atoms with Gasteiger partial charge in [0.2, 0.25) is 0 Å². The molecule has 70 valence electrons. The van der Waals surface area contributed by atoms with Crippen LogP contribution < -0.4 is 0 Å². The highest BCUT2D eigenvalue weighted by atomic mass is 32.2. The molecule has 0 aromatic heterocycles. The van der Waals surface area contributed by atoms with E-state index in [4.69, 9.17) is 4.18 Å². The second-order valence-electron chi connectivity index (χ2n) is 3.91. The molecule has 0 radical (unpaired) electrons. The second-order valence-corrected chi connectivity index (χ2v) is 5.56. The Hall–Kier alpha value is -0.0900. The van der Waals surface area contributed by atoms with E-state index < -0.39 is 10.1 Å². The van der Waals surface area contributed by atoms with Crippen LogP contribution in [0.1, 0.15) is 19.3 Å². The Morgan fingerprint density at radius 2 is 1.92 bits per heavy atom. The standard InChI is InChI=1S/C8H14O3S/c1-12(9,10)11-5-8-6-3-2-4-7(6)8/h6-8H,2-5H2,1H3. The first-order chi connectivity index (χ1) is 5.58. The van der Waals surface area contributed by atoms with Crippen molar-refractivity contribution in [2.24, 2.45) is 17.8 Å². The van der Waals surface area contributed by atoms with E-state index in [1.54, 1.807) is 0 Å². The molecule has 0 saturated heterocycles. The van der Waals surface area contributed by atoms with E-state index in [1.165, 1.54) is 19.3 Å². The molecule has 0 bridgehead atoms. The Bertz CT molecular complexity index is 260. The van der Waals surface area contributed by atoms with Gasteiger partial charge in [-0.05, 0) is 30.6 Å². The first-order valence-corrected chi connectivity index (χ1v) is 6.24. The zero-order chi connectivity index (χ0) is 8.77. The summed E-state index contributed by atoms with van der Waals surface area (Å²) in [4.78, 5) is 0. The van der Waals surface area contributed by atoms with Gasteiger partial charge in [-0.25, -0.2) is 0 Å². The van der Waals surface area contributed by atoms with Crippen molar-refractivity contribution in [3.8, 4) is 0 Å². The lowest BCUT2D eigenvalue weighted by molar-refractivity contribution is 0.285. The molecule has 0 heterocycles. The summed E-state index contributed by atoms with van der Waals surface area (Å²) in [6.45, 7) is 0.425. The summed E-state index contributed by atoms with van der Waals surface area (Å²) in [6, 6.07) is 0. The van der Waals surface area contributed by atoms with Crippen LogP contribution in [0.25, 0.3) is 0 Å². The molecule has 2 aliphatic rings. The van der Waals surface area contributed by atoms with Crippen LogP contribution in [0.5, 0.6) is 0 Å². The van der Waals surface area contributed by atoms with Crippen LogP contribution in [-0.4, -0.2) is 21.3 Å². The van der Waals surface area contributed by atoms with Gasteiger partial charge in [-0.1, -0.05) is 6.42 Å². The quantitative estimate of drug-likeness (QED) is 0.624. The molecule has 2 rings (SSSR count). The zero-order valence-electron chi connectivity index (χ0n) is 7.19. The molecular formula is C8H14O3S. The van der Waals surface area contributed by atoms with Crippen molar-refractivity contribution in [1.82, 2.24) is 0 Å². The average Bonchev–Trinajstić information content (AvgIpc) is 2.41. The van der Waals surface area contributed by atoms with Gasteiger partial charge in [0, 0.05) is 0 Å². The van der Waals surface area contributed by atoms with Gasteiger partial charge in [0.05, 0.1) is 12.9 Å². The largest absolute Gasteiger partial charge is 0.270 e. The van der Waals surface area contributed by atoms with E-state index in [2.05, 4.69) is 0 Å². The van der Waals surface area contributed by atoms with Crippen LogP contribution >= 0.6 is 0 Å². The molecule has 0 amide bonds. The Labute approximate surface area is 73.2 Å². The molecule has 0 spiro atoms. The summed E-state index contributed by atoms with van der Waals surface area (Å²) in [5.74, 6) is 2.12. The highest BCUT2D eigenvalue weighted by Gasteiger charge is 2.52. The van der Waals surface area contributed by atoms with Crippen molar-refractivity contribution < 1.29 is 12.6 Å². The third kappa shape index (κ3) is 1.64. The van der Waals surface area contributed by atoms with Crippen LogP contribution in [-0.2, 0) is 14.3 Å². The van der Waals surface area contributed by atoms with E-state index >= 15 is 0 Å². The third-order valence-electron chi connectivity index (χ3n) is 3.06. The van der Waals surface area contributed by atoms with Gasteiger partial charge in [0.25, 0.3) is 10.1 Å². The highest BCUT2D eigenvalue weighted by molar-refractivity contribution is 7.85. The first kappa shape index (κ1) is 8.51. The van der Waals surface area contributed by atoms with Gasteiger partial charge in [0.15, 0.2) is 0 Å². The maximum absolute atomic E-state index is 10.7. The van der Waals surface area contributed by atoms with Crippen LogP contribution in [0.15, 0.2) is 0 Å². The normalized spacial score (nSPS) is 39.6. The number of fused-ring (bicyclic) bond motifs is 1. The molecule has 0 aromatic rings. The van der Waals surface area contributed by atoms with Crippen LogP contribution in [0.4, 0.5) is 0 Å². The predicted octanol–water partition coefficient (Wildman–Crippen LogP) is 1.01. The summed E-state index contributed by atoms with van der Waals surface area (Å²) in [7, 11) is -3.21. The second kappa shape index (κ2) is 2.70. The lowest BCUT2D eigenvalue weighted by Crippen LogP contribution is -2.07. The summed E-state index contributed by atoms with van der Waals surface area (Å²) in [5, 5.41) is 0. The molecule has 0 aliphatic heterocycles. The molecule has 2 fully saturated rings. The smallest absolute Gasteiger partial charge is 0.264 e. The van der Waals surface area contributed by atoms with Crippen molar-refractivity contribution >= 4 is 10.1 Å². The van der Waals surface area contributed by atoms with Gasteiger partial charge in [-0.2, -0.15) is 8.42 Å². The van der Waals surface area contributed by atoms with Crippen molar-refractivity contribution in [3.05, 3.63) is 0 Å². The molecule has 0 N–H and O–H groups in total. The Morgan fingerprint density at radius 1 is 1.33 bits per heavy atom. The fraction of sp³-hybridized carbons (Fsp3) is 1.00. The highest BCUT2D eigenvalue weighted by Crippen LogP contribution is 2.57. The topological polar surface area (TPSA) is 43.4 Å². The summed E-state index contributed by atoms with van der Waals surface area (Å²) in [6.07, 6.45) is 5.00. The van der Waals surface area contributed by atoms with Gasteiger partial charge < -0.3 is 0 Å². The van der Waals surface area contributed by atoms with Gasteiger partial charge in [-0.15, -0.1) is 0 Å². The summed E-state index contributed by atoms with van der Waals surface area (Å²) < 4.78 is 26.1. The zero-order valence-corrected chi connectivity index (χ0v) is 8.01. The molecule has 2 unspecified atom stereocenters. The van der Waals surface area contributed by atoms with Crippen LogP contribution in [0.2, 0.25) is 0 Å². The van der Waals surface area contributed by atoms with E-state index in [0.717, 1.165) is 18.1 Å². The fourth-order valence-electron chi connectivity index (χ4n) is 2.42. The van der Waals surface area contributed by atoms with E-state index in [0.29, 0.717) is 12.5 Å². The lowest BCUT2D eigenvalue weighted by Gasteiger charge is -2.02. The molecule has 2 atom stereocenters. The number of hydrogen-bond donors (Lipinski definition) is 0. The molecule has 2 saturated carbocycles. The minimum absolute atomic E-state index is 0.425. The number of rotatable bonds is 3. The van der Waals surface area contributed by atoms with Gasteiger partial charge >= 0.3 is 0 Å². The molecule has 12 heavy (non-hydrogen) atoms. The Morgan fingerprint density at radius 3 is 2.42 bits per heavy atom. The van der Waals surface area contributed by atoms with E-state index in [9.17, 15) is 8.42 Å². The molecule has 3 nitrogen and oxygen atoms in total. The van der Waals surface area contributed by atoms with Crippen LogP contribution in [0, 0.1) is 17.8 Å². The SMILES string of the molecule is CS(=O)(=O)OCC1C2CCCC21. The summed E-state index contributed by atoms with van der Waals surface area (Å²) in [5.41, 5.74) is 0. The molecule has 0 aromatic carbocycles. The fourth-order valence-corrected chi connectivity index (χ4v) is 2.82.